The number of carboxylic acid groups (broad SMARTS) is 1. The fourth-order valence-corrected chi connectivity index (χ4v) is 3.38. The smallest absolute Gasteiger partial charge is 0.325 e. The van der Waals surface area contributed by atoms with E-state index in [4.69, 9.17) is 0 Å². The molecule has 21 heavy (non-hydrogen) atoms. The minimum Gasteiger partial charge on any atom is -0.480 e. The summed E-state index contributed by atoms with van der Waals surface area (Å²) < 4.78 is 0. The van der Waals surface area contributed by atoms with Crippen LogP contribution in [0, 0.1) is 5.92 Å². The molecule has 1 aliphatic rings. The maximum absolute atomic E-state index is 12.1. The third-order valence-electron chi connectivity index (χ3n) is 4.03. The third kappa shape index (κ3) is 3.63. The van der Waals surface area contributed by atoms with E-state index in [-0.39, 0.29) is 18.5 Å². The average molecular weight is 310 g/mol. The minimum atomic E-state index is -0.890. The number of rotatable bonds is 5. The molecule has 5 nitrogen and oxygen atoms in total. The highest BCUT2D eigenvalue weighted by molar-refractivity contribution is 7.10. The molecule has 1 aromatic heterocycles. The summed E-state index contributed by atoms with van der Waals surface area (Å²) in [4.78, 5) is 26.5. The summed E-state index contributed by atoms with van der Waals surface area (Å²) in [7, 11) is 0. The van der Waals surface area contributed by atoms with Gasteiger partial charge in [-0.15, -0.1) is 11.3 Å². The van der Waals surface area contributed by atoms with Crippen LogP contribution in [0.25, 0.3) is 0 Å². The molecule has 0 fully saturated rings. The van der Waals surface area contributed by atoms with E-state index in [1.165, 1.54) is 0 Å². The highest BCUT2D eigenvalue weighted by Crippen LogP contribution is 2.33. The largest absolute Gasteiger partial charge is 0.480 e. The Bertz CT molecular complexity index is 527. The number of nitrogens with zero attached hydrogens (tertiary/aromatic N) is 1. The van der Waals surface area contributed by atoms with Gasteiger partial charge in [0.25, 0.3) is 0 Å². The first kappa shape index (κ1) is 16.0. The van der Waals surface area contributed by atoms with Crippen LogP contribution in [0.15, 0.2) is 11.4 Å². The molecular weight excluding hydrogens is 288 g/mol. The lowest BCUT2D eigenvalue weighted by Gasteiger charge is -2.33. The summed E-state index contributed by atoms with van der Waals surface area (Å²) >= 11 is 1.59. The van der Waals surface area contributed by atoms with E-state index in [2.05, 4.69) is 5.32 Å². The van der Waals surface area contributed by atoms with Crippen molar-refractivity contribution in [3.8, 4) is 0 Å². The molecule has 0 saturated carbocycles. The van der Waals surface area contributed by atoms with Gasteiger partial charge in [-0.1, -0.05) is 13.8 Å². The Morgan fingerprint density at radius 2 is 2.19 bits per heavy atom. The van der Waals surface area contributed by atoms with Crippen molar-refractivity contribution in [1.82, 2.24) is 10.2 Å². The number of carbonyl (C=O) groups is 2. The van der Waals surface area contributed by atoms with Crippen molar-refractivity contribution in [1.29, 1.82) is 0 Å². The lowest BCUT2D eigenvalue weighted by molar-refractivity contribution is -0.144. The summed E-state index contributed by atoms with van der Waals surface area (Å²) in [5.41, 5.74) is 0.837. The number of aliphatic carboxylic acids is 1. The van der Waals surface area contributed by atoms with Gasteiger partial charge in [-0.25, -0.2) is 0 Å². The van der Waals surface area contributed by atoms with E-state index in [1.54, 1.807) is 16.2 Å². The number of nitrogens with one attached hydrogen (secondary N) is 1. The Kier molecular flexibility index (Phi) is 5.00. The first-order valence-electron chi connectivity index (χ1n) is 7.22. The standard InChI is InChI=1S/C15H22N2O3S/c1-9(2)10(3)16-13(18)8-17-6-4-12-11(5-7-21-12)14(17)15(19)20/h5,7,9-10,14H,4,6,8H2,1-3H3,(H,16,18)(H,19,20). The summed E-state index contributed by atoms with van der Waals surface area (Å²) in [6.45, 7) is 6.79. The van der Waals surface area contributed by atoms with Gasteiger partial charge in [0.1, 0.15) is 6.04 Å². The normalized spacial score (nSPS) is 20.1. The van der Waals surface area contributed by atoms with Crippen LogP contribution in [0.2, 0.25) is 0 Å². The monoisotopic (exact) mass is 310 g/mol. The maximum atomic E-state index is 12.1. The Hall–Kier alpha value is -1.40. The Morgan fingerprint density at radius 3 is 2.81 bits per heavy atom. The van der Waals surface area contributed by atoms with Gasteiger partial charge in [0.05, 0.1) is 6.54 Å². The number of carboxylic acids is 1. The summed E-state index contributed by atoms with van der Waals surface area (Å²) in [5.74, 6) is -0.644. The number of thiophene rings is 1. The molecule has 2 rings (SSSR count). The lowest BCUT2D eigenvalue weighted by atomic mass is 10.00. The van der Waals surface area contributed by atoms with Crippen LogP contribution in [0.3, 0.4) is 0 Å². The molecule has 0 radical (unpaired) electrons. The van der Waals surface area contributed by atoms with E-state index in [0.29, 0.717) is 12.5 Å². The molecule has 0 aliphatic carbocycles. The topological polar surface area (TPSA) is 69.6 Å². The number of amides is 1. The molecule has 1 amide bonds. The zero-order valence-corrected chi connectivity index (χ0v) is 13.4. The Labute approximate surface area is 129 Å². The molecular formula is C15H22N2O3S. The molecule has 6 heteroatoms. The second-order valence-corrected chi connectivity index (χ2v) is 6.86. The van der Waals surface area contributed by atoms with Gasteiger partial charge in [-0.05, 0) is 36.3 Å². The molecule has 116 valence electrons. The number of hydrogen-bond acceptors (Lipinski definition) is 4. The summed E-state index contributed by atoms with van der Waals surface area (Å²) in [6.07, 6.45) is 0.809. The molecule has 0 spiro atoms. The van der Waals surface area contributed by atoms with Crippen molar-refractivity contribution >= 4 is 23.2 Å². The van der Waals surface area contributed by atoms with Gasteiger partial charge >= 0.3 is 5.97 Å². The van der Waals surface area contributed by atoms with Crippen molar-refractivity contribution < 1.29 is 14.7 Å². The fourth-order valence-electron chi connectivity index (χ4n) is 2.48. The van der Waals surface area contributed by atoms with Crippen LogP contribution < -0.4 is 5.32 Å². The van der Waals surface area contributed by atoms with Crippen molar-refractivity contribution in [2.24, 2.45) is 5.92 Å². The van der Waals surface area contributed by atoms with Crippen molar-refractivity contribution in [3.05, 3.63) is 21.9 Å². The highest BCUT2D eigenvalue weighted by atomic mass is 32.1. The average Bonchev–Trinajstić information content (AvgIpc) is 2.85. The van der Waals surface area contributed by atoms with Gasteiger partial charge < -0.3 is 10.4 Å². The predicted molar refractivity (Wildman–Crippen MR) is 82.4 cm³/mol. The number of carbonyl (C=O) groups excluding carboxylic acids is 1. The van der Waals surface area contributed by atoms with Gasteiger partial charge in [0.15, 0.2) is 0 Å². The van der Waals surface area contributed by atoms with Crippen molar-refractivity contribution in [2.45, 2.75) is 39.3 Å². The molecule has 2 unspecified atom stereocenters. The van der Waals surface area contributed by atoms with E-state index < -0.39 is 12.0 Å². The second kappa shape index (κ2) is 6.58. The van der Waals surface area contributed by atoms with Gasteiger partial charge in [-0.3, -0.25) is 14.5 Å². The molecule has 2 atom stereocenters. The Balaban J connectivity index is 2.06. The van der Waals surface area contributed by atoms with Crippen LogP contribution in [0.4, 0.5) is 0 Å². The fraction of sp³-hybridized carbons (Fsp3) is 0.600. The van der Waals surface area contributed by atoms with E-state index in [1.807, 2.05) is 32.2 Å². The van der Waals surface area contributed by atoms with Gasteiger partial charge in [0.2, 0.25) is 5.91 Å². The zero-order valence-electron chi connectivity index (χ0n) is 12.6. The molecule has 0 bridgehead atoms. The van der Waals surface area contributed by atoms with Crippen LogP contribution >= 0.6 is 11.3 Å². The maximum Gasteiger partial charge on any atom is 0.325 e. The first-order valence-corrected chi connectivity index (χ1v) is 8.10. The SMILES string of the molecule is CC(C)C(C)NC(=O)CN1CCc2sccc2C1C(=O)O. The second-order valence-electron chi connectivity index (χ2n) is 5.86. The van der Waals surface area contributed by atoms with E-state index >= 15 is 0 Å². The van der Waals surface area contributed by atoms with Gasteiger partial charge in [0, 0.05) is 17.5 Å². The number of fused-ring (bicyclic) bond motifs is 1. The molecule has 0 aromatic carbocycles. The Morgan fingerprint density at radius 1 is 1.48 bits per heavy atom. The third-order valence-corrected chi connectivity index (χ3v) is 5.03. The summed E-state index contributed by atoms with van der Waals surface area (Å²) in [5, 5.41) is 14.3. The van der Waals surface area contributed by atoms with Crippen LogP contribution in [0.1, 0.15) is 37.3 Å². The van der Waals surface area contributed by atoms with Crippen molar-refractivity contribution in [3.63, 3.8) is 0 Å². The van der Waals surface area contributed by atoms with Crippen molar-refractivity contribution in [2.75, 3.05) is 13.1 Å². The van der Waals surface area contributed by atoms with Gasteiger partial charge in [-0.2, -0.15) is 0 Å². The quantitative estimate of drug-likeness (QED) is 0.871. The molecule has 1 aromatic rings. The van der Waals surface area contributed by atoms with Crippen LogP contribution in [-0.2, 0) is 16.0 Å². The van der Waals surface area contributed by atoms with E-state index in [9.17, 15) is 14.7 Å². The minimum absolute atomic E-state index is 0.0854. The summed E-state index contributed by atoms with van der Waals surface area (Å²) in [6, 6.07) is 1.24. The zero-order chi connectivity index (χ0) is 15.6. The van der Waals surface area contributed by atoms with Crippen LogP contribution in [-0.4, -0.2) is 41.0 Å². The molecule has 2 N–H and O–H groups in total. The highest BCUT2D eigenvalue weighted by Gasteiger charge is 2.34. The van der Waals surface area contributed by atoms with E-state index in [0.717, 1.165) is 16.9 Å². The number of hydrogen-bond donors (Lipinski definition) is 2. The first-order chi connectivity index (χ1) is 9.90. The molecule has 0 saturated heterocycles. The molecule has 1 aliphatic heterocycles. The molecule has 2 heterocycles. The van der Waals surface area contributed by atoms with Crippen LogP contribution in [0.5, 0.6) is 0 Å². The lowest BCUT2D eigenvalue weighted by Crippen LogP contribution is -2.47. The predicted octanol–water partition coefficient (Wildman–Crippen LogP) is 1.89.